The number of carboxylic acid groups (broad SMARTS) is 1. The average molecular weight is 275 g/mol. The van der Waals surface area contributed by atoms with Crippen LogP contribution in [0.1, 0.15) is 56.6 Å². The van der Waals surface area contributed by atoms with E-state index in [1.54, 1.807) is 0 Å². The predicted octanol–water partition coefficient (Wildman–Crippen LogP) is 3.76. The summed E-state index contributed by atoms with van der Waals surface area (Å²) in [5, 5.41) is 12.3. The van der Waals surface area contributed by atoms with Crippen molar-refractivity contribution >= 4 is 5.97 Å². The molecule has 20 heavy (non-hydrogen) atoms. The van der Waals surface area contributed by atoms with E-state index in [0.717, 1.165) is 6.54 Å². The predicted molar refractivity (Wildman–Crippen MR) is 80.6 cm³/mol. The van der Waals surface area contributed by atoms with Crippen molar-refractivity contribution in [2.45, 2.75) is 51.0 Å². The van der Waals surface area contributed by atoms with Crippen molar-refractivity contribution in [3.8, 4) is 0 Å². The number of benzene rings is 1. The molecule has 0 saturated heterocycles. The molecule has 1 unspecified atom stereocenters. The third-order valence-electron chi connectivity index (χ3n) is 4.21. The van der Waals surface area contributed by atoms with Crippen LogP contribution in [0.5, 0.6) is 0 Å². The zero-order chi connectivity index (χ0) is 14.2. The zero-order valence-corrected chi connectivity index (χ0v) is 12.1. The highest BCUT2D eigenvalue weighted by Gasteiger charge is 2.24. The first-order valence-electron chi connectivity index (χ1n) is 7.77. The third kappa shape index (κ3) is 4.64. The van der Waals surface area contributed by atoms with Crippen molar-refractivity contribution < 1.29 is 9.90 Å². The Morgan fingerprint density at radius 3 is 2.55 bits per heavy atom. The van der Waals surface area contributed by atoms with Gasteiger partial charge in [-0.25, -0.2) is 0 Å². The van der Waals surface area contributed by atoms with Crippen LogP contribution in [0.15, 0.2) is 30.3 Å². The lowest BCUT2D eigenvalue weighted by Gasteiger charge is -2.31. The van der Waals surface area contributed by atoms with E-state index in [1.165, 1.54) is 37.7 Å². The first-order valence-corrected chi connectivity index (χ1v) is 7.77. The second kappa shape index (κ2) is 8.05. The van der Waals surface area contributed by atoms with E-state index in [4.69, 9.17) is 5.11 Å². The summed E-state index contributed by atoms with van der Waals surface area (Å²) in [6.07, 6.45) is 7.52. The summed E-state index contributed by atoms with van der Waals surface area (Å²) in [6, 6.07) is 11.0. The van der Waals surface area contributed by atoms with E-state index >= 15 is 0 Å². The molecule has 3 nitrogen and oxygen atoms in total. The standard InChI is InChI=1S/C17H25NO2/c19-16(20)12-7-13-18-17(14-8-3-1-4-9-14)15-10-5-2-6-11-15/h1,3-4,8-9,15,17-18H,2,5-7,10-13H2,(H,19,20). The lowest BCUT2D eigenvalue weighted by atomic mass is 9.81. The van der Waals surface area contributed by atoms with Gasteiger partial charge in [0.25, 0.3) is 0 Å². The highest BCUT2D eigenvalue weighted by Crippen LogP contribution is 2.34. The molecule has 2 rings (SSSR count). The van der Waals surface area contributed by atoms with Crippen LogP contribution in [0.3, 0.4) is 0 Å². The van der Waals surface area contributed by atoms with Gasteiger partial charge in [0.1, 0.15) is 0 Å². The Kier molecular flexibility index (Phi) is 6.06. The summed E-state index contributed by atoms with van der Waals surface area (Å²) in [5.41, 5.74) is 1.34. The number of hydrogen-bond donors (Lipinski definition) is 2. The number of aliphatic carboxylic acids is 1. The van der Waals surface area contributed by atoms with E-state index in [-0.39, 0.29) is 6.42 Å². The molecule has 1 atom stereocenters. The quantitative estimate of drug-likeness (QED) is 0.745. The third-order valence-corrected chi connectivity index (χ3v) is 4.21. The first kappa shape index (κ1) is 15.0. The Morgan fingerprint density at radius 1 is 1.20 bits per heavy atom. The number of carbonyl (C=O) groups is 1. The lowest BCUT2D eigenvalue weighted by molar-refractivity contribution is -0.137. The fraction of sp³-hybridized carbons (Fsp3) is 0.588. The van der Waals surface area contributed by atoms with Gasteiger partial charge in [0, 0.05) is 12.5 Å². The van der Waals surface area contributed by atoms with Gasteiger partial charge in [-0.3, -0.25) is 4.79 Å². The summed E-state index contributed by atoms with van der Waals surface area (Å²) in [5.74, 6) is -0.0169. The van der Waals surface area contributed by atoms with Gasteiger partial charge in [-0.2, -0.15) is 0 Å². The van der Waals surface area contributed by atoms with Crippen LogP contribution in [0.2, 0.25) is 0 Å². The highest BCUT2D eigenvalue weighted by molar-refractivity contribution is 5.66. The van der Waals surface area contributed by atoms with Gasteiger partial charge < -0.3 is 10.4 Å². The maximum atomic E-state index is 10.6. The van der Waals surface area contributed by atoms with Crippen LogP contribution in [0.25, 0.3) is 0 Å². The Morgan fingerprint density at radius 2 is 1.90 bits per heavy atom. The summed E-state index contributed by atoms with van der Waals surface area (Å²) in [7, 11) is 0. The smallest absolute Gasteiger partial charge is 0.303 e. The Balaban J connectivity index is 1.94. The van der Waals surface area contributed by atoms with Gasteiger partial charge in [0.2, 0.25) is 0 Å². The summed E-state index contributed by atoms with van der Waals surface area (Å²) in [6.45, 7) is 0.780. The van der Waals surface area contributed by atoms with Gasteiger partial charge in [0.15, 0.2) is 0 Å². The summed E-state index contributed by atoms with van der Waals surface area (Å²) < 4.78 is 0. The topological polar surface area (TPSA) is 49.3 Å². The molecule has 1 aromatic carbocycles. The lowest BCUT2D eigenvalue weighted by Crippen LogP contribution is -2.30. The van der Waals surface area contributed by atoms with Crippen molar-refractivity contribution in [3.63, 3.8) is 0 Å². The molecule has 0 aromatic heterocycles. The van der Waals surface area contributed by atoms with Crippen molar-refractivity contribution in [1.82, 2.24) is 5.32 Å². The molecule has 0 radical (unpaired) electrons. The largest absolute Gasteiger partial charge is 0.481 e. The molecule has 0 spiro atoms. The van der Waals surface area contributed by atoms with Crippen molar-refractivity contribution in [2.24, 2.45) is 5.92 Å². The van der Waals surface area contributed by atoms with Crippen LogP contribution in [-0.4, -0.2) is 17.6 Å². The molecule has 0 amide bonds. The number of carboxylic acids is 1. The number of hydrogen-bond acceptors (Lipinski definition) is 2. The minimum Gasteiger partial charge on any atom is -0.481 e. The van der Waals surface area contributed by atoms with Crippen LogP contribution in [-0.2, 0) is 4.79 Å². The molecular weight excluding hydrogens is 250 g/mol. The van der Waals surface area contributed by atoms with Crippen molar-refractivity contribution in [2.75, 3.05) is 6.54 Å². The molecule has 1 fully saturated rings. The van der Waals surface area contributed by atoms with E-state index < -0.39 is 5.97 Å². The Bertz CT molecular complexity index is 399. The van der Waals surface area contributed by atoms with Gasteiger partial charge in [-0.1, -0.05) is 49.6 Å². The van der Waals surface area contributed by atoms with Gasteiger partial charge >= 0.3 is 5.97 Å². The molecule has 1 saturated carbocycles. The van der Waals surface area contributed by atoms with Gasteiger partial charge in [-0.15, -0.1) is 0 Å². The first-order chi connectivity index (χ1) is 9.77. The van der Waals surface area contributed by atoms with Crippen molar-refractivity contribution in [3.05, 3.63) is 35.9 Å². The molecule has 1 aliphatic rings. The minimum absolute atomic E-state index is 0.249. The monoisotopic (exact) mass is 275 g/mol. The normalized spacial score (nSPS) is 17.8. The highest BCUT2D eigenvalue weighted by atomic mass is 16.4. The van der Waals surface area contributed by atoms with Crippen molar-refractivity contribution in [1.29, 1.82) is 0 Å². The fourth-order valence-electron chi connectivity index (χ4n) is 3.18. The van der Waals surface area contributed by atoms with Crippen LogP contribution < -0.4 is 5.32 Å². The maximum absolute atomic E-state index is 10.6. The second-order valence-corrected chi connectivity index (χ2v) is 5.74. The number of rotatable bonds is 7. The second-order valence-electron chi connectivity index (χ2n) is 5.74. The molecule has 0 heterocycles. The molecule has 1 aliphatic carbocycles. The van der Waals surface area contributed by atoms with E-state index in [1.807, 2.05) is 6.07 Å². The van der Waals surface area contributed by atoms with E-state index in [9.17, 15) is 4.79 Å². The molecule has 1 aromatic rings. The van der Waals surface area contributed by atoms with Crippen LogP contribution >= 0.6 is 0 Å². The van der Waals surface area contributed by atoms with E-state index in [2.05, 4.69) is 29.6 Å². The van der Waals surface area contributed by atoms with Gasteiger partial charge in [-0.05, 0) is 37.3 Å². The van der Waals surface area contributed by atoms with Crippen LogP contribution in [0.4, 0.5) is 0 Å². The zero-order valence-electron chi connectivity index (χ0n) is 12.1. The molecule has 2 N–H and O–H groups in total. The minimum atomic E-state index is -0.708. The molecular formula is C17H25NO2. The summed E-state index contributed by atoms with van der Waals surface area (Å²) >= 11 is 0. The van der Waals surface area contributed by atoms with Gasteiger partial charge in [0.05, 0.1) is 0 Å². The molecule has 110 valence electrons. The molecule has 3 heteroatoms. The average Bonchev–Trinajstić information content (AvgIpc) is 2.49. The Hall–Kier alpha value is -1.35. The summed E-state index contributed by atoms with van der Waals surface area (Å²) in [4.78, 5) is 10.6. The van der Waals surface area contributed by atoms with E-state index in [0.29, 0.717) is 18.4 Å². The SMILES string of the molecule is O=C(O)CCCNC(c1ccccc1)C1CCCCC1. The molecule has 0 bridgehead atoms. The fourth-order valence-corrected chi connectivity index (χ4v) is 3.18. The maximum Gasteiger partial charge on any atom is 0.303 e. The molecule has 0 aliphatic heterocycles. The van der Waals surface area contributed by atoms with Crippen LogP contribution in [0, 0.1) is 5.92 Å². The number of nitrogens with one attached hydrogen (secondary N) is 1. The Labute approximate surface area is 121 Å².